The minimum Gasteiger partial charge on any atom is -0.378 e. The number of hydrogen-bond acceptors (Lipinski definition) is 4. The molecule has 0 bridgehead atoms. The summed E-state index contributed by atoms with van der Waals surface area (Å²) in [5.41, 5.74) is 3.77. The van der Waals surface area contributed by atoms with Crippen LogP contribution in [0.15, 0.2) is 47.4 Å². The molecule has 6 nitrogen and oxygen atoms in total. The van der Waals surface area contributed by atoms with E-state index < -0.39 is 10.0 Å². The van der Waals surface area contributed by atoms with Gasteiger partial charge in [0.25, 0.3) is 0 Å². The Morgan fingerprint density at radius 3 is 2.30 bits per heavy atom. The Hall–Kier alpha value is -2.38. The van der Waals surface area contributed by atoms with Gasteiger partial charge in [-0.1, -0.05) is 29.8 Å². The molecule has 0 fully saturated rings. The smallest absolute Gasteiger partial charge is 0.240 e. The summed E-state index contributed by atoms with van der Waals surface area (Å²) in [6, 6.07) is 13.1. The average Bonchev–Trinajstić information content (AvgIpc) is 2.59. The van der Waals surface area contributed by atoms with Gasteiger partial charge >= 0.3 is 0 Å². The molecular weight excluding hydrogens is 362 g/mol. The van der Waals surface area contributed by atoms with Gasteiger partial charge < -0.3 is 10.2 Å². The van der Waals surface area contributed by atoms with Gasteiger partial charge in [0.2, 0.25) is 15.9 Å². The molecule has 27 heavy (non-hydrogen) atoms. The van der Waals surface area contributed by atoms with Gasteiger partial charge in [-0.05, 0) is 43.2 Å². The quantitative estimate of drug-likeness (QED) is 0.726. The number of carbonyl (C=O) groups is 1. The third-order valence-corrected chi connectivity index (χ3v) is 5.83. The third kappa shape index (κ3) is 6.08. The van der Waals surface area contributed by atoms with Crippen molar-refractivity contribution in [2.24, 2.45) is 0 Å². The van der Waals surface area contributed by atoms with Crippen molar-refractivity contribution in [3.8, 4) is 0 Å². The van der Waals surface area contributed by atoms with Crippen LogP contribution < -0.4 is 14.9 Å². The Morgan fingerprint density at radius 1 is 1.04 bits per heavy atom. The molecule has 146 valence electrons. The van der Waals surface area contributed by atoms with Crippen molar-refractivity contribution in [1.82, 2.24) is 10.0 Å². The highest BCUT2D eigenvalue weighted by Crippen LogP contribution is 2.16. The van der Waals surface area contributed by atoms with Gasteiger partial charge in [-0.25, -0.2) is 13.1 Å². The van der Waals surface area contributed by atoms with Gasteiger partial charge in [0.05, 0.1) is 4.90 Å². The van der Waals surface area contributed by atoms with E-state index in [0.29, 0.717) is 12.1 Å². The Balaban J connectivity index is 1.81. The van der Waals surface area contributed by atoms with E-state index >= 15 is 0 Å². The average molecular weight is 390 g/mol. The first kappa shape index (κ1) is 20.9. The number of hydrogen-bond donors (Lipinski definition) is 2. The first-order valence-electron chi connectivity index (χ1n) is 8.79. The topological polar surface area (TPSA) is 78.5 Å². The molecule has 1 amide bonds. The molecule has 0 aliphatic heterocycles. The molecule has 2 N–H and O–H groups in total. The fourth-order valence-corrected chi connectivity index (χ4v) is 3.93. The molecule has 0 saturated heterocycles. The lowest BCUT2D eigenvalue weighted by Gasteiger charge is -2.13. The SMILES string of the molecule is Cc1ccc(S(=O)(=O)NCCC(=O)NCc2ccc(N(C)C)cc2)c(C)c1. The number of nitrogens with one attached hydrogen (secondary N) is 2. The van der Waals surface area contributed by atoms with E-state index in [4.69, 9.17) is 0 Å². The van der Waals surface area contributed by atoms with Crippen LogP contribution >= 0.6 is 0 Å². The van der Waals surface area contributed by atoms with E-state index in [9.17, 15) is 13.2 Å². The summed E-state index contributed by atoms with van der Waals surface area (Å²) in [5.74, 6) is -0.199. The third-order valence-electron chi connectivity index (χ3n) is 4.21. The zero-order chi connectivity index (χ0) is 20.0. The lowest BCUT2D eigenvalue weighted by Crippen LogP contribution is -2.30. The molecule has 0 unspecified atom stereocenters. The van der Waals surface area contributed by atoms with Crippen LogP contribution in [0, 0.1) is 13.8 Å². The number of sulfonamides is 1. The van der Waals surface area contributed by atoms with Crippen molar-refractivity contribution in [3.05, 3.63) is 59.2 Å². The van der Waals surface area contributed by atoms with Gasteiger partial charge in [-0.3, -0.25) is 4.79 Å². The zero-order valence-corrected chi connectivity index (χ0v) is 17.1. The molecule has 0 spiro atoms. The van der Waals surface area contributed by atoms with Crippen molar-refractivity contribution in [1.29, 1.82) is 0 Å². The van der Waals surface area contributed by atoms with Crippen molar-refractivity contribution in [2.75, 3.05) is 25.5 Å². The van der Waals surface area contributed by atoms with Gasteiger partial charge in [0.15, 0.2) is 0 Å². The number of rotatable bonds is 8. The molecule has 2 aromatic carbocycles. The summed E-state index contributed by atoms with van der Waals surface area (Å²) in [7, 11) is 0.318. The van der Waals surface area contributed by atoms with E-state index in [-0.39, 0.29) is 23.8 Å². The normalized spacial score (nSPS) is 11.3. The van der Waals surface area contributed by atoms with Crippen molar-refractivity contribution in [3.63, 3.8) is 0 Å². The van der Waals surface area contributed by atoms with Crippen LogP contribution in [0.2, 0.25) is 0 Å². The van der Waals surface area contributed by atoms with E-state index in [1.54, 1.807) is 19.1 Å². The van der Waals surface area contributed by atoms with E-state index in [1.807, 2.05) is 56.3 Å². The molecule has 0 atom stereocenters. The van der Waals surface area contributed by atoms with Gasteiger partial charge in [0, 0.05) is 39.3 Å². The molecule has 0 radical (unpaired) electrons. The Kier molecular flexibility index (Phi) is 6.98. The van der Waals surface area contributed by atoms with Crippen LogP contribution in [0.3, 0.4) is 0 Å². The van der Waals surface area contributed by atoms with Crippen LogP contribution in [0.4, 0.5) is 5.69 Å². The summed E-state index contributed by atoms with van der Waals surface area (Å²) in [6.45, 7) is 4.14. The number of anilines is 1. The molecule has 7 heteroatoms. The van der Waals surface area contributed by atoms with Gasteiger partial charge in [0.1, 0.15) is 0 Å². The van der Waals surface area contributed by atoms with Crippen molar-refractivity contribution < 1.29 is 13.2 Å². The lowest BCUT2D eigenvalue weighted by atomic mass is 10.2. The fourth-order valence-electron chi connectivity index (χ4n) is 2.68. The Morgan fingerprint density at radius 2 is 1.70 bits per heavy atom. The van der Waals surface area contributed by atoms with Crippen molar-refractivity contribution in [2.45, 2.75) is 31.7 Å². The second-order valence-electron chi connectivity index (χ2n) is 6.75. The number of carbonyl (C=O) groups excluding carboxylic acids is 1. The van der Waals surface area contributed by atoms with Crippen LogP contribution in [-0.2, 0) is 21.4 Å². The first-order chi connectivity index (χ1) is 12.7. The summed E-state index contributed by atoms with van der Waals surface area (Å²) >= 11 is 0. The Labute approximate surface area is 161 Å². The Bertz CT molecular complexity index is 891. The highest BCUT2D eigenvalue weighted by Gasteiger charge is 2.16. The van der Waals surface area contributed by atoms with E-state index in [2.05, 4.69) is 10.0 Å². The van der Waals surface area contributed by atoms with E-state index in [1.165, 1.54) is 0 Å². The van der Waals surface area contributed by atoms with Gasteiger partial charge in [-0.15, -0.1) is 0 Å². The molecule has 0 aromatic heterocycles. The largest absolute Gasteiger partial charge is 0.378 e. The maximum atomic E-state index is 12.4. The van der Waals surface area contributed by atoms with Crippen LogP contribution in [0.25, 0.3) is 0 Å². The van der Waals surface area contributed by atoms with Gasteiger partial charge in [-0.2, -0.15) is 0 Å². The second kappa shape index (κ2) is 9.01. The highest BCUT2D eigenvalue weighted by molar-refractivity contribution is 7.89. The summed E-state index contributed by atoms with van der Waals surface area (Å²) < 4.78 is 27.2. The minimum absolute atomic E-state index is 0.0566. The minimum atomic E-state index is -3.62. The van der Waals surface area contributed by atoms with Crippen LogP contribution in [-0.4, -0.2) is 35.0 Å². The number of aryl methyl sites for hydroxylation is 2. The molecular formula is C20H27N3O3S. The second-order valence-corrected chi connectivity index (χ2v) is 8.49. The lowest BCUT2D eigenvalue weighted by molar-refractivity contribution is -0.121. The first-order valence-corrected chi connectivity index (χ1v) is 10.3. The summed E-state index contributed by atoms with van der Waals surface area (Å²) in [4.78, 5) is 14.2. The number of amides is 1. The van der Waals surface area contributed by atoms with E-state index in [0.717, 1.165) is 16.8 Å². The maximum Gasteiger partial charge on any atom is 0.240 e. The molecule has 2 aromatic rings. The predicted octanol–water partition coefficient (Wildman–Crippen LogP) is 2.35. The maximum absolute atomic E-state index is 12.4. The summed E-state index contributed by atoms with van der Waals surface area (Å²) in [6.07, 6.45) is 0.0833. The van der Waals surface area contributed by atoms with Crippen LogP contribution in [0.5, 0.6) is 0 Å². The molecule has 0 saturated carbocycles. The predicted molar refractivity (Wildman–Crippen MR) is 108 cm³/mol. The fraction of sp³-hybridized carbons (Fsp3) is 0.350. The molecule has 2 rings (SSSR count). The zero-order valence-electron chi connectivity index (χ0n) is 16.2. The monoisotopic (exact) mass is 389 g/mol. The molecule has 0 heterocycles. The van der Waals surface area contributed by atoms with Crippen molar-refractivity contribution >= 4 is 21.6 Å². The molecule has 0 aliphatic rings. The number of nitrogens with zero attached hydrogens (tertiary/aromatic N) is 1. The summed E-state index contributed by atoms with van der Waals surface area (Å²) in [5, 5.41) is 2.81. The van der Waals surface area contributed by atoms with Crippen LogP contribution in [0.1, 0.15) is 23.1 Å². The number of benzene rings is 2. The standard InChI is InChI=1S/C20H27N3O3S/c1-15-5-10-19(16(2)13-15)27(25,26)22-12-11-20(24)21-14-17-6-8-18(9-7-17)23(3)4/h5-10,13,22H,11-12,14H2,1-4H3,(H,21,24). The molecule has 0 aliphatic carbocycles. The highest BCUT2D eigenvalue weighted by atomic mass is 32.2.